The van der Waals surface area contributed by atoms with Crippen LogP contribution in [-0.2, 0) is 11.8 Å². The lowest BCUT2D eigenvalue weighted by Gasteiger charge is -2.51. The highest BCUT2D eigenvalue weighted by Crippen LogP contribution is 2.50. The van der Waals surface area contributed by atoms with E-state index >= 15 is 0 Å². The summed E-state index contributed by atoms with van der Waals surface area (Å²) in [5.41, 5.74) is 1.63. The second-order valence-corrected chi connectivity index (χ2v) is 8.16. The van der Waals surface area contributed by atoms with Gasteiger partial charge < -0.3 is 14.5 Å². The zero-order chi connectivity index (χ0) is 17.4. The average molecular weight is 346 g/mol. The van der Waals surface area contributed by atoms with E-state index in [1.165, 1.54) is 44.5 Å². The van der Waals surface area contributed by atoms with Crippen LogP contribution < -0.4 is 0 Å². The topological polar surface area (TPSA) is 50.6 Å². The molecule has 2 saturated heterocycles. The SMILES string of the molecule is CCOC(=O)N1CCC2(CC(N3CCC(c4ccn(C)n4)CC3)C2)C1. The van der Waals surface area contributed by atoms with Gasteiger partial charge in [-0.05, 0) is 63.6 Å². The summed E-state index contributed by atoms with van der Waals surface area (Å²) in [5.74, 6) is 0.622. The van der Waals surface area contributed by atoms with Crippen molar-refractivity contribution in [3.8, 4) is 0 Å². The van der Waals surface area contributed by atoms with Gasteiger partial charge in [-0.25, -0.2) is 4.79 Å². The number of hydrogen-bond acceptors (Lipinski definition) is 4. The smallest absolute Gasteiger partial charge is 0.409 e. The lowest BCUT2D eigenvalue weighted by Crippen LogP contribution is -2.54. The van der Waals surface area contributed by atoms with E-state index in [4.69, 9.17) is 4.74 Å². The molecule has 1 aromatic rings. The molecule has 0 radical (unpaired) electrons. The number of nitrogens with zero attached hydrogens (tertiary/aromatic N) is 4. The van der Waals surface area contributed by atoms with Crippen LogP contribution in [0.15, 0.2) is 12.3 Å². The molecule has 2 aliphatic heterocycles. The quantitative estimate of drug-likeness (QED) is 0.844. The normalized spacial score (nSPS) is 30.6. The van der Waals surface area contributed by atoms with Crippen LogP contribution >= 0.6 is 0 Å². The Balaban J connectivity index is 1.25. The fraction of sp³-hybridized carbons (Fsp3) is 0.789. The van der Waals surface area contributed by atoms with Crippen molar-refractivity contribution in [3.63, 3.8) is 0 Å². The van der Waals surface area contributed by atoms with Gasteiger partial charge in [-0.3, -0.25) is 4.68 Å². The molecule has 1 aromatic heterocycles. The predicted molar refractivity (Wildman–Crippen MR) is 95.4 cm³/mol. The highest BCUT2D eigenvalue weighted by molar-refractivity contribution is 5.68. The molecule has 1 spiro atoms. The number of likely N-dealkylation sites (tertiary alicyclic amines) is 2. The molecule has 3 fully saturated rings. The first-order valence-electron chi connectivity index (χ1n) is 9.74. The average Bonchev–Trinajstić information content (AvgIpc) is 3.21. The minimum absolute atomic E-state index is 0.126. The van der Waals surface area contributed by atoms with E-state index in [1.807, 2.05) is 29.7 Å². The first-order valence-corrected chi connectivity index (χ1v) is 9.74. The van der Waals surface area contributed by atoms with Gasteiger partial charge in [0.15, 0.2) is 0 Å². The van der Waals surface area contributed by atoms with Gasteiger partial charge in [0, 0.05) is 38.3 Å². The van der Waals surface area contributed by atoms with Crippen LogP contribution in [0.5, 0.6) is 0 Å². The van der Waals surface area contributed by atoms with Crippen molar-refractivity contribution in [1.29, 1.82) is 0 Å². The minimum atomic E-state index is -0.126. The third-order valence-electron chi connectivity index (χ3n) is 6.50. The molecule has 0 aromatic carbocycles. The molecule has 0 bridgehead atoms. The molecular formula is C19H30N4O2. The fourth-order valence-corrected chi connectivity index (χ4v) is 5.05. The highest BCUT2D eigenvalue weighted by atomic mass is 16.6. The molecule has 1 saturated carbocycles. The monoisotopic (exact) mass is 346 g/mol. The van der Waals surface area contributed by atoms with Crippen molar-refractivity contribution in [2.24, 2.45) is 12.5 Å². The summed E-state index contributed by atoms with van der Waals surface area (Å²) in [6, 6.07) is 2.88. The summed E-state index contributed by atoms with van der Waals surface area (Å²) in [7, 11) is 1.99. The molecule has 138 valence electrons. The lowest BCUT2D eigenvalue weighted by atomic mass is 9.64. The van der Waals surface area contributed by atoms with E-state index in [0.29, 0.717) is 24.0 Å². The Labute approximate surface area is 150 Å². The molecule has 6 nitrogen and oxygen atoms in total. The van der Waals surface area contributed by atoms with Crippen LogP contribution in [0.4, 0.5) is 4.79 Å². The van der Waals surface area contributed by atoms with E-state index in [-0.39, 0.29) is 6.09 Å². The summed E-state index contributed by atoms with van der Waals surface area (Å²) in [4.78, 5) is 16.5. The summed E-state index contributed by atoms with van der Waals surface area (Å²) in [5, 5.41) is 4.59. The Morgan fingerprint density at radius 2 is 2.08 bits per heavy atom. The Morgan fingerprint density at radius 3 is 2.72 bits per heavy atom. The third-order valence-corrected chi connectivity index (χ3v) is 6.50. The van der Waals surface area contributed by atoms with Gasteiger partial charge in [0.1, 0.15) is 0 Å². The van der Waals surface area contributed by atoms with E-state index < -0.39 is 0 Å². The number of aromatic nitrogens is 2. The largest absolute Gasteiger partial charge is 0.450 e. The van der Waals surface area contributed by atoms with Gasteiger partial charge in [-0.1, -0.05) is 0 Å². The summed E-state index contributed by atoms with van der Waals surface area (Å²) < 4.78 is 7.06. The molecule has 25 heavy (non-hydrogen) atoms. The molecule has 6 heteroatoms. The van der Waals surface area contributed by atoms with Crippen LogP contribution in [0, 0.1) is 5.41 Å². The highest BCUT2D eigenvalue weighted by Gasteiger charge is 2.51. The number of aryl methyl sites for hydroxylation is 1. The van der Waals surface area contributed by atoms with Crippen LogP contribution in [0.25, 0.3) is 0 Å². The fourth-order valence-electron chi connectivity index (χ4n) is 5.05. The maximum atomic E-state index is 11.9. The zero-order valence-corrected chi connectivity index (χ0v) is 15.5. The second kappa shape index (κ2) is 6.63. The zero-order valence-electron chi connectivity index (χ0n) is 15.5. The Hall–Kier alpha value is -1.56. The number of amides is 1. The molecule has 3 aliphatic rings. The Kier molecular flexibility index (Phi) is 4.48. The van der Waals surface area contributed by atoms with E-state index in [2.05, 4.69) is 16.1 Å². The number of rotatable bonds is 3. The third kappa shape index (κ3) is 3.28. The van der Waals surface area contributed by atoms with Crippen LogP contribution in [-0.4, -0.2) is 64.5 Å². The maximum Gasteiger partial charge on any atom is 0.409 e. The van der Waals surface area contributed by atoms with Gasteiger partial charge in [-0.15, -0.1) is 0 Å². The van der Waals surface area contributed by atoms with E-state index in [1.54, 1.807) is 0 Å². The molecule has 0 N–H and O–H groups in total. The molecule has 0 atom stereocenters. The van der Waals surface area contributed by atoms with Gasteiger partial charge in [-0.2, -0.15) is 5.10 Å². The van der Waals surface area contributed by atoms with Crippen LogP contribution in [0.1, 0.15) is 50.6 Å². The van der Waals surface area contributed by atoms with E-state index in [9.17, 15) is 4.79 Å². The van der Waals surface area contributed by atoms with Crippen molar-refractivity contribution >= 4 is 6.09 Å². The summed E-state index contributed by atoms with van der Waals surface area (Å²) >= 11 is 0. The molecule has 0 unspecified atom stereocenters. The number of ether oxygens (including phenoxy) is 1. The first kappa shape index (κ1) is 16.9. The number of carbonyl (C=O) groups is 1. The molecular weight excluding hydrogens is 316 g/mol. The molecule has 3 heterocycles. The number of carbonyl (C=O) groups excluding carboxylic acids is 1. The predicted octanol–water partition coefficient (Wildman–Crippen LogP) is 2.61. The number of hydrogen-bond donors (Lipinski definition) is 0. The van der Waals surface area contributed by atoms with Crippen molar-refractivity contribution in [2.75, 3.05) is 32.8 Å². The Bertz CT molecular complexity index is 615. The molecule has 1 aliphatic carbocycles. The van der Waals surface area contributed by atoms with Gasteiger partial charge >= 0.3 is 6.09 Å². The Morgan fingerprint density at radius 1 is 1.32 bits per heavy atom. The summed E-state index contributed by atoms with van der Waals surface area (Å²) in [6.07, 6.45) is 8.00. The summed E-state index contributed by atoms with van der Waals surface area (Å²) in [6.45, 7) is 6.47. The first-order chi connectivity index (χ1) is 12.1. The van der Waals surface area contributed by atoms with Crippen molar-refractivity contribution < 1.29 is 9.53 Å². The van der Waals surface area contributed by atoms with Crippen LogP contribution in [0.2, 0.25) is 0 Å². The molecule has 1 amide bonds. The van der Waals surface area contributed by atoms with E-state index in [0.717, 1.165) is 19.5 Å². The van der Waals surface area contributed by atoms with Crippen molar-refractivity contribution in [3.05, 3.63) is 18.0 Å². The van der Waals surface area contributed by atoms with Crippen molar-refractivity contribution in [2.45, 2.75) is 51.0 Å². The van der Waals surface area contributed by atoms with Gasteiger partial charge in [0.25, 0.3) is 0 Å². The number of piperidine rings is 1. The maximum absolute atomic E-state index is 11.9. The van der Waals surface area contributed by atoms with Crippen molar-refractivity contribution in [1.82, 2.24) is 19.6 Å². The lowest BCUT2D eigenvalue weighted by molar-refractivity contribution is -0.00490. The van der Waals surface area contributed by atoms with Gasteiger partial charge in [0.05, 0.1) is 12.3 Å². The standard InChI is InChI=1S/C19H30N4O2/c1-3-25-18(24)23-11-7-19(14-23)12-16(13-19)22-9-4-15(5-10-22)17-6-8-21(2)20-17/h6,8,15-16H,3-5,7,9-14H2,1-2H3. The van der Waals surface area contributed by atoms with Crippen LogP contribution in [0.3, 0.4) is 0 Å². The minimum Gasteiger partial charge on any atom is -0.450 e. The molecule has 4 rings (SSSR count). The van der Waals surface area contributed by atoms with Gasteiger partial charge in [0.2, 0.25) is 0 Å². The second-order valence-electron chi connectivity index (χ2n) is 8.16.